The van der Waals surface area contributed by atoms with E-state index < -0.39 is 5.41 Å². The lowest BCUT2D eigenvalue weighted by molar-refractivity contribution is -0.142. The van der Waals surface area contributed by atoms with Gasteiger partial charge >= 0.3 is 0 Å². The van der Waals surface area contributed by atoms with E-state index >= 15 is 0 Å². The van der Waals surface area contributed by atoms with Crippen LogP contribution in [0, 0.1) is 5.41 Å². The fourth-order valence-electron chi connectivity index (χ4n) is 3.19. The Labute approximate surface area is 138 Å². The van der Waals surface area contributed by atoms with Crippen molar-refractivity contribution in [1.29, 1.82) is 0 Å². The Bertz CT molecular complexity index is 750. The van der Waals surface area contributed by atoms with Crippen molar-refractivity contribution in [2.24, 2.45) is 5.41 Å². The first-order valence-electron chi connectivity index (χ1n) is 7.61. The first-order chi connectivity index (χ1) is 11.2. The van der Waals surface area contributed by atoms with Gasteiger partial charge in [-0.2, -0.15) is 11.8 Å². The number of carbonyl (C=O) groups excluding carboxylic acids is 2. The minimum Gasteiger partial charge on any atom is -0.439 e. The molecule has 0 N–H and O–H groups in total. The minimum absolute atomic E-state index is 0.0630. The highest BCUT2D eigenvalue weighted by Crippen LogP contribution is 2.45. The van der Waals surface area contributed by atoms with E-state index in [-0.39, 0.29) is 18.4 Å². The molecule has 2 aliphatic rings. The molecule has 0 aliphatic carbocycles. The van der Waals surface area contributed by atoms with Crippen LogP contribution in [0.25, 0.3) is 11.3 Å². The molecule has 6 heteroatoms. The van der Waals surface area contributed by atoms with Gasteiger partial charge in [0.1, 0.15) is 6.54 Å². The van der Waals surface area contributed by atoms with E-state index in [2.05, 4.69) is 4.98 Å². The van der Waals surface area contributed by atoms with E-state index in [9.17, 15) is 9.59 Å². The molecule has 0 saturated carbocycles. The highest BCUT2D eigenvalue weighted by Gasteiger charge is 2.53. The van der Waals surface area contributed by atoms with Crippen molar-refractivity contribution >= 4 is 23.6 Å². The van der Waals surface area contributed by atoms with Crippen molar-refractivity contribution < 1.29 is 14.0 Å². The maximum absolute atomic E-state index is 12.6. The van der Waals surface area contributed by atoms with Crippen LogP contribution in [0.1, 0.15) is 18.7 Å². The Morgan fingerprint density at radius 3 is 2.83 bits per heavy atom. The van der Waals surface area contributed by atoms with Crippen LogP contribution in [-0.2, 0) is 16.1 Å². The lowest BCUT2D eigenvalue weighted by atomic mass is 9.86. The summed E-state index contributed by atoms with van der Waals surface area (Å²) in [6, 6.07) is 9.64. The van der Waals surface area contributed by atoms with Gasteiger partial charge in [0.2, 0.25) is 17.7 Å². The number of carbonyl (C=O) groups is 2. The molecule has 1 atom stereocenters. The Balaban J connectivity index is 1.54. The van der Waals surface area contributed by atoms with Gasteiger partial charge in [0.15, 0.2) is 5.76 Å². The van der Waals surface area contributed by atoms with Gasteiger partial charge in [-0.1, -0.05) is 30.3 Å². The second kappa shape index (κ2) is 5.53. The predicted molar refractivity (Wildman–Crippen MR) is 86.5 cm³/mol. The molecule has 3 heterocycles. The molecular weight excluding hydrogens is 312 g/mol. The van der Waals surface area contributed by atoms with Gasteiger partial charge in [-0.05, 0) is 12.2 Å². The van der Waals surface area contributed by atoms with Crippen molar-refractivity contribution in [3.63, 3.8) is 0 Å². The number of hydrogen-bond donors (Lipinski definition) is 0. The minimum atomic E-state index is -0.476. The zero-order valence-corrected chi connectivity index (χ0v) is 13.3. The van der Waals surface area contributed by atoms with Crippen molar-refractivity contribution in [2.75, 3.05) is 11.5 Å². The zero-order valence-electron chi connectivity index (χ0n) is 12.5. The topological polar surface area (TPSA) is 63.4 Å². The first-order valence-corrected chi connectivity index (χ1v) is 8.76. The second-order valence-corrected chi connectivity index (χ2v) is 7.13. The second-order valence-electron chi connectivity index (χ2n) is 6.03. The summed E-state index contributed by atoms with van der Waals surface area (Å²) in [5, 5.41) is 0. The average Bonchev–Trinajstić information content (AvgIpc) is 3.27. The highest BCUT2D eigenvalue weighted by molar-refractivity contribution is 7.99. The lowest BCUT2D eigenvalue weighted by Gasteiger charge is -2.19. The molecule has 0 bridgehead atoms. The van der Waals surface area contributed by atoms with Crippen molar-refractivity contribution in [3.05, 3.63) is 42.4 Å². The lowest BCUT2D eigenvalue weighted by Crippen LogP contribution is -2.35. The van der Waals surface area contributed by atoms with Crippen LogP contribution < -0.4 is 0 Å². The molecule has 1 spiro atoms. The summed E-state index contributed by atoms with van der Waals surface area (Å²) < 4.78 is 5.72. The normalized spacial score (nSPS) is 24.1. The number of rotatable bonds is 3. The monoisotopic (exact) mass is 328 g/mol. The van der Waals surface area contributed by atoms with Crippen LogP contribution in [0.2, 0.25) is 0 Å². The van der Waals surface area contributed by atoms with Gasteiger partial charge < -0.3 is 4.42 Å². The molecule has 4 rings (SSSR count). The van der Waals surface area contributed by atoms with Crippen LogP contribution in [0.4, 0.5) is 0 Å². The Morgan fingerprint density at radius 2 is 2.09 bits per heavy atom. The maximum Gasteiger partial charge on any atom is 0.237 e. The Kier molecular flexibility index (Phi) is 3.49. The largest absolute Gasteiger partial charge is 0.439 e. The smallest absolute Gasteiger partial charge is 0.237 e. The number of benzene rings is 1. The van der Waals surface area contributed by atoms with Crippen LogP contribution in [0.5, 0.6) is 0 Å². The molecule has 2 amide bonds. The van der Waals surface area contributed by atoms with Crippen molar-refractivity contribution in [1.82, 2.24) is 9.88 Å². The van der Waals surface area contributed by atoms with E-state index in [4.69, 9.17) is 4.42 Å². The zero-order chi connectivity index (χ0) is 15.9. The molecule has 2 aliphatic heterocycles. The van der Waals surface area contributed by atoms with Crippen LogP contribution in [0.3, 0.4) is 0 Å². The van der Waals surface area contributed by atoms with Gasteiger partial charge in [-0.25, -0.2) is 4.98 Å². The van der Waals surface area contributed by atoms with E-state index in [1.165, 1.54) is 4.90 Å². The molecule has 2 fully saturated rings. The average molecular weight is 328 g/mol. The third-order valence-corrected chi connectivity index (χ3v) is 5.75. The number of oxazole rings is 1. The van der Waals surface area contributed by atoms with Crippen LogP contribution in [0.15, 0.2) is 40.9 Å². The van der Waals surface area contributed by atoms with Gasteiger partial charge in [0.05, 0.1) is 11.6 Å². The third-order valence-electron chi connectivity index (χ3n) is 4.50. The summed E-state index contributed by atoms with van der Waals surface area (Å²) in [5.74, 6) is 2.56. The molecular formula is C17H16N2O3S. The number of likely N-dealkylation sites (tertiary alicyclic amines) is 1. The number of nitrogens with zero attached hydrogens (tertiary/aromatic N) is 2. The predicted octanol–water partition coefficient (Wildman–Crippen LogP) is 2.72. The molecule has 118 valence electrons. The van der Waals surface area contributed by atoms with Crippen molar-refractivity contribution in [2.45, 2.75) is 19.4 Å². The van der Waals surface area contributed by atoms with Gasteiger partial charge in [-0.15, -0.1) is 0 Å². The van der Waals surface area contributed by atoms with E-state index in [0.717, 1.165) is 23.5 Å². The fraction of sp³-hybridized carbons (Fsp3) is 0.353. The summed E-state index contributed by atoms with van der Waals surface area (Å²) in [6.07, 6.45) is 2.75. The van der Waals surface area contributed by atoms with E-state index in [0.29, 0.717) is 18.1 Å². The van der Waals surface area contributed by atoms with Gasteiger partial charge in [-0.3, -0.25) is 14.5 Å². The summed E-state index contributed by atoms with van der Waals surface area (Å²) >= 11 is 1.75. The maximum atomic E-state index is 12.6. The van der Waals surface area contributed by atoms with Crippen LogP contribution in [-0.4, -0.2) is 33.2 Å². The number of hydrogen-bond acceptors (Lipinski definition) is 5. The number of imide groups is 1. The first kappa shape index (κ1) is 14.5. The van der Waals surface area contributed by atoms with Gasteiger partial charge in [0, 0.05) is 17.7 Å². The number of aromatic nitrogens is 1. The van der Waals surface area contributed by atoms with E-state index in [1.54, 1.807) is 18.0 Å². The molecule has 2 saturated heterocycles. The summed E-state index contributed by atoms with van der Waals surface area (Å²) in [6.45, 7) is 0.122. The number of thioether (sulfide) groups is 1. The summed E-state index contributed by atoms with van der Waals surface area (Å²) in [4.78, 5) is 30.4. The fourth-order valence-corrected chi connectivity index (χ4v) is 4.63. The molecule has 0 unspecified atom stereocenters. The highest BCUT2D eigenvalue weighted by atomic mass is 32.2. The number of amides is 2. The van der Waals surface area contributed by atoms with Crippen molar-refractivity contribution in [3.8, 4) is 11.3 Å². The molecule has 1 aromatic carbocycles. The SMILES string of the molecule is O=C1C[C@]2(CCSC2)C(=O)N1Cc1ncc(-c2ccccc2)o1. The Morgan fingerprint density at radius 1 is 1.26 bits per heavy atom. The van der Waals surface area contributed by atoms with E-state index in [1.807, 2.05) is 30.3 Å². The molecule has 23 heavy (non-hydrogen) atoms. The van der Waals surface area contributed by atoms with Gasteiger partial charge in [0.25, 0.3) is 0 Å². The Hall–Kier alpha value is -2.08. The molecule has 0 radical (unpaired) electrons. The van der Waals surface area contributed by atoms with Crippen LogP contribution >= 0.6 is 11.8 Å². The summed E-state index contributed by atoms with van der Waals surface area (Å²) in [5.41, 5.74) is 0.449. The molecule has 2 aromatic rings. The quantitative estimate of drug-likeness (QED) is 0.811. The standard InChI is InChI=1S/C17H16N2O3S/c20-15-8-17(6-7-23-11-17)16(21)19(15)10-14-18-9-13(22-14)12-4-2-1-3-5-12/h1-5,9H,6-8,10-11H2/t17-/m0/s1. The third kappa shape index (κ3) is 2.47. The summed E-state index contributed by atoms with van der Waals surface area (Å²) in [7, 11) is 0. The molecule has 1 aromatic heterocycles. The molecule has 5 nitrogen and oxygen atoms in total.